The molecule has 5 nitrogen and oxygen atoms in total. The third kappa shape index (κ3) is 6.33. The third-order valence-corrected chi connectivity index (χ3v) is 6.81. The number of nitrogens with one attached hydrogen (secondary N) is 2. The minimum absolute atomic E-state index is 0.00392. The van der Waals surface area contributed by atoms with Crippen LogP contribution >= 0.6 is 0 Å². The summed E-state index contributed by atoms with van der Waals surface area (Å²) >= 11 is 0. The number of hydrogen-bond donors (Lipinski definition) is 2. The molecular weight excluding hydrogens is 396 g/mol. The molecule has 32 heavy (non-hydrogen) atoms. The summed E-state index contributed by atoms with van der Waals surface area (Å²) in [6, 6.07) is 16.6. The summed E-state index contributed by atoms with van der Waals surface area (Å²) in [7, 11) is 0. The molecule has 2 heterocycles. The predicted octanol–water partition coefficient (Wildman–Crippen LogP) is 4.78. The number of amides is 1. The lowest BCUT2D eigenvalue weighted by Gasteiger charge is -2.29. The van der Waals surface area contributed by atoms with Gasteiger partial charge in [-0.05, 0) is 87.5 Å². The maximum absolute atomic E-state index is 12.7. The largest absolute Gasteiger partial charge is 0.372 e. The van der Waals surface area contributed by atoms with Crippen molar-refractivity contribution in [2.24, 2.45) is 0 Å². The van der Waals surface area contributed by atoms with E-state index in [0.717, 1.165) is 25.3 Å². The van der Waals surface area contributed by atoms with E-state index in [1.807, 2.05) is 19.1 Å². The Morgan fingerprint density at radius 1 is 0.844 bits per heavy atom. The van der Waals surface area contributed by atoms with E-state index in [9.17, 15) is 4.79 Å². The second kappa shape index (κ2) is 11.5. The van der Waals surface area contributed by atoms with Crippen molar-refractivity contribution in [1.29, 1.82) is 0 Å². The van der Waals surface area contributed by atoms with Gasteiger partial charge in [-0.2, -0.15) is 0 Å². The van der Waals surface area contributed by atoms with E-state index in [1.54, 1.807) is 0 Å². The Kier molecular flexibility index (Phi) is 8.18. The molecule has 1 unspecified atom stereocenters. The van der Waals surface area contributed by atoms with Gasteiger partial charge in [-0.1, -0.05) is 30.7 Å². The van der Waals surface area contributed by atoms with Crippen molar-refractivity contribution >= 4 is 17.3 Å². The van der Waals surface area contributed by atoms with Crippen LogP contribution in [-0.4, -0.2) is 43.0 Å². The number of anilines is 2. The van der Waals surface area contributed by atoms with Crippen molar-refractivity contribution in [1.82, 2.24) is 10.2 Å². The quantitative estimate of drug-likeness (QED) is 0.628. The number of piperidine rings is 2. The number of carbonyl (C=O) groups excluding carboxylic acids is 1. The van der Waals surface area contributed by atoms with Gasteiger partial charge in [0.05, 0.1) is 6.04 Å². The SMILES string of the molecule is CC(NCc1ccccc1CN1CCCCC1)C(=O)Nc1ccc(N2CCCCC2)cc1. The zero-order valence-corrected chi connectivity index (χ0v) is 19.5. The van der Waals surface area contributed by atoms with Gasteiger partial charge in [0, 0.05) is 37.6 Å². The molecule has 2 aromatic rings. The fourth-order valence-corrected chi connectivity index (χ4v) is 4.76. The molecule has 0 radical (unpaired) electrons. The van der Waals surface area contributed by atoms with Gasteiger partial charge in [0.1, 0.15) is 0 Å². The molecule has 5 heteroatoms. The summed E-state index contributed by atoms with van der Waals surface area (Å²) in [5, 5.41) is 6.48. The number of benzene rings is 2. The highest BCUT2D eigenvalue weighted by atomic mass is 16.2. The van der Waals surface area contributed by atoms with Crippen molar-refractivity contribution < 1.29 is 4.79 Å². The normalized spacial score (nSPS) is 18.3. The van der Waals surface area contributed by atoms with Gasteiger partial charge < -0.3 is 15.5 Å². The van der Waals surface area contributed by atoms with E-state index < -0.39 is 0 Å². The summed E-state index contributed by atoms with van der Waals surface area (Å²) in [4.78, 5) is 17.7. The molecule has 2 N–H and O–H groups in total. The maximum atomic E-state index is 12.7. The lowest BCUT2D eigenvalue weighted by molar-refractivity contribution is -0.117. The zero-order chi connectivity index (χ0) is 22.2. The topological polar surface area (TPSA) is 47.6 Å². The lowest BCUT2D eigenvalue weighted by Crippen LogP contribution is -2.38. The van der Waals surface area contributed by atoms with Crippen LogP contribution in [0.5, 0.6) is 0 Å². The first-order chi connectivity index (χ1) is 15.7. The molecule has 1 amide bonds. The zero-order valence-electron chi connectivity index (χ0n) is 19.5. The van der Waals surface area contributed by atoms with Crippen LogP contribution in [0.15, 0.2) is 48.5 Å². The van der Waals surface area contributed by atoms with Crippen molar-refractivity contribution in [3.63, 3.8) is 0 Å². The molecule has 0 spiro atoms. The molecule has 2 aromatic carbocycles. The molecule has 2 fully saturated rings. The number of rotatable bonds is 8. The number of nitrogens with zero attached hydrogens (tertiary/aromatic N) is 2. The first kappa shape index (κ1) is 22.8. The van der Waals surface area contributed by atoms with Gasteiger partial charge in [0.25, 0.3) is 0 Å². The van der Waals surface area contributed by atoms with E-state index in [0.29, 0.717) is 6.54 Å². The molecule has 2 saturated heterocycles. The number of likely N-dealkylation sites (tertiary alicyclic amines) is 1. The van der Waals surface area contributed by atoms with Gasteiger partial charge >= 0.3 is 0 Å². The van der Waals surface area contributed by atoms with Crippen LogP contribution in [-0.2, 0) is 17.9 Å². The van der Waals surface area contributed by atoms with Crippen LogP contribution in [0.3, 0.4) is 0 Å². The monoisotopic (exact) mass is 434 g/mol. The third-order valence-electron chi connectivity index (χ3n) is 6.81. The molecule has 0 aliphatic carbocycles. The van der Waals surface area contributed by atoms with Gasteiger partial charge in [0.2, 0.25) is 5.91 Å². The lowest BCUT2D eigenvalue weighted by atomic mass is 10.0. The van der Waals surface area contributed by atoms with E-state index in [4.69, 9.17) is 0 Å². The van der Waals surface area contributed by atoms with E-state index >= 15 is 0 Å². The predicted molar refractivity (Wildman–Crippen MR) is 133 cm³/mol. The van der Waals surface area contributed by atoms with Crippen LogP contribution in [0, 0.1) is 0 Å². The molecule has 0 bridgehead atoms. The average Bonchev–Trinajstić information content (AvgIpc) is 2.85. The second-order valence-corrected chi connectivity index (χ2v) is 9.29. The Morgan fingerprint density at radius 3 is 2.16 bits per heavy atom. The van der Waals surface area contributed by atoms with Crippen LogP contribution < -0.4 is 15.5 Å². The summed E-state index contributed by atoms with van der Waals surface area (Å²) in [6.07, 6.45) is 7.82. The van der Waals surface area contributed by atoms with Gasteiger partial charge in [-0.3, -0.25) is 9.69 Å². The molecular formula is C27H38N4O. The Labute approximate surface area is 193 Å². The number of hydrogen-bond acceptors (Lipinski definition) is 4. The highest BCUT2D eigenvalue weighted by Gasteiger charge is 2.16. The maximum Gasteiger partial charge on any atom is 0.241 e. The van der Waals surface area contributed by atoms with Crippen LogP contribution in [0.2, 0.25) is 0 Å². The molecule has 1 atom stereocenters. The van der Waals surface area contributed by atoms with Gasteiger partial charge in [-0.25, -0.2) is 0 Å². The fourth-order valence-electron chi connectivity index (χ4n) is 4.76. The Bertz CT molecular complexity index is 854. The first-order valence-corrected chi connectivity index (χ1v) is 12.4. The van der Waals surface area contributed by atoms with Gasteiger partial charge in [0.15, 0.2) is 0 Å². The van der Waals surface area contributed by atoms with Crippen molar-refractivity contribution in [3.05, 3.63) is 59.7 Å². The van der Waals surface area contributed by atoms with Crippen LogP contribution in [0.1, 0.15) is 56.6 Å². The molecule has 2 aliphatic heterocycles. The summed E-state index contributed by atoms with van der Waals surface area (Å²) < 4.78 is 0. The van der Waals surface area contributed by atoms with E-state index in [1.165, 1.54) is 68.4 Å². The summed E-state index contributed by atoms with van der Waals surface area (Å²) in [5.74, 6) is 0.00392. The number of carbonyl (C=O) groups is 1. The van der Waals surface area contributed by atoms with Crippen LogP contribution in [0.4, 0.5) is 11.4 Å². The Hall–Kier alpha value is -2.37. The fraction of sp³-hybridized carbons (Fsp3) is 0.519. The van der Waals surface area contributed by atoms with E-state index in [-0.39, 0.29) is 11.9 Å². The van der Waals surface area contributed by atoms with Gasteiger partial charge in [-0.15, -0.1) is 0 Å². The highest BCUT2D eigenvalue weighted by Crippen LogP contribution is 2.22. The standard InChI is InChI=1S/C27H38N4O/c1-22(27(32)29-25-12-14-26(15-13-25)31-18-8-3-9-19-31)28-20-23-10-4-5-11-24(23)21-30-16-6-2-7-17-30/h4-5,10-15,22,28H,2-3,6-9,16-21H2,1H3,(H,29,32). The first-order valence-electron chi connectivity index (χ1n) is 12.4. The molecule has 0 saturated carbocycles. The minimum atomic E-state index is -0.264. The summed E-state index contributed by atoms with van der Waals surface area (Å²) in [6.45, 7) is 8.28. The second-order valence-electron chi connectivity index (χ2n) is 9.29. The van der Waals surface area contributed by atoms with Crippen molar-refractivity contribution in [3.8, 4) is 0 Å². The average molecular weight is 435 g/mol. The van der Waals surface area contributed by atoms with Crippen molar-refractivity contribution in [2.45, 2.75) is 64.6 Å². The minimum Gasteiger partial charge on any atom is -0.372 e. The molecule has 4 rings (SSSR count). The van der Waals surface area contributed by atoms with Crippen LogP contribution in [0.25, 0.3) is 0 Å². The van der Waals surface area contributed by atoms with Crippen molar-refractivity contribution in [2.75, 3.05) is 36.4 Å². The Morgan fingerprint density at radius 2 is 1.47 bits per heavy atom. The molecule has 0 aromatic heterocycles. The highest BCUT2D eigenvalue weighted by molar-refractivity contribution is 5.94. The molecule has 172 valence electrons. The smallest absolute Gasteiger partial charge is 0.241 e. The summed E-state index contributed by atoms with van der Waals surface area (Å²) in [5.41, 5.74) is 4.75. The van der Waals surface area contributed by atoms with E-state index in [2.05, 4.69) is 56.8 Å². The Balaban J connectivity index is 1.27. The molecule has 2 aliphatic rings.